The average Bonchev–Trinajstić information content (AvgIpc) is 2.29. The van der Waals surface area contributed by atoms with Gasteiger partial charge in [0.1, 0.15) is 11.0 Å². The third-order valence-corrected chi connectivity index (χ3v) is 2.87. The zero-order valence-electron chi connectivity index (χ0n) is 9.37. The number of nitrogens with one attached hydrogen (secondary N) is 1. The molecule has 0 fully saturated rings. The van der Waals surface area contributed by atoms with Crippen molar-refractivity contribution in [3.8, 4) is 0 Å². The molecule has 2 aromatic rings. The van der Waals surface area contributed by atoms with Crippen LogP contribution in [0.3, 0.4) is 0 Å². The van der Waals surface area contributed by atoms with Crippen LogP contribution in [-0.4, -0.2) is 23.1 Å². The van der Waals surface area contributed by atoms with Crippen LogP contribution in [0.5, 0.6) is 0 Å². The molecule has 1 heterocycles. The van der Waals surface area contributed by atoms with Crippen LogP contribution in [0.2, 0.25) is 5.15 Å². The number of hydrogen-bond donors (Lipinski definition) is 1. The summed E-state index contributed by atoms with van der Waals surface area (Å²) in [7, 11) is 1.92. The summed E-state index contributed by atoms with van der Waals surface area (Å²) >= 11 is 6.12. The van der Waals surface area contributed by atoms with E-state index < -0.39 is 0 Å². The Balaban J connectivity index is 2.41. The highest BCUT2D eigenvalue weighted by Gasteiger charge is 2.07. The van der Waals surface area contributed by atoms with Gasteiger partial charge in [-0.1, -0.05) is 23.7 Å². The molecule has 0 radical (unpaired) electrons. The third-order valence-electron chi connectivity index (χ3n) is 2.58. The van der Waals surface area contributed by atoms with Crippen molar-refractivity contribution in [3.63, 3.8) is 0 Å². The van der Waals surface area contributed by atoms with Gasteiger partial charge in [0.15, 0.2) is 0 Å². The first-order valence-corrected chi connectivity index (χ1v) is 5.67. The van der Waals surface area contributed by atoms with Gasteiger partial charge in [0.05, 0.1) is 5.52 Å². The van der Waals surface area contributed by atoms with E-state index in [-0.39, 0.29) is 0 Å². The molecule has 16 heavy (non-hydrogen) atoms. The second-order valence-electron chi connectivity index (χ2n) is 3.84. The highest BCUT2D eigenvalue weighted by Crippen LogP contribution is 2.19. The molecule has 4 heteroatoms. The van der Waals surface area contributed by atoms with E-state index in [1.807, 2.05) is 31.3 Å². The lowest BCUT2D eigenvalue weighted by Gasteiger charge is -2.09. The van der Waals surface area contributed by atoms with Crippen LogP contribution in [0.15, 0.2) is 24.3 Å². The second kappa shape index (κ2) is 4.76. The number of likely N-dealkylation sites (N-methyl/N-ethyl adjacent to an activating group) is 1. The fraction of sp³-hybridized carbons (Fsp3) is 0.333. The van der Waals surface area contributed by atoms with Crippen LogP contribution in [0, 0.1) is 0 Å². The van der Waals surface area contributed by atoms with Crippen molar-refractivity contribution >= 4 is 22.5 Å². The number of rotatable bonds is 3. The zero-order chi connectivity index (χ0) is 11.5. The van der Waals surface area contributed by atoms with E-state index in [1.165, 1.54) is 0 Å². The minimum atomic E-state index is 0.345. The Labute approximate surface area is 99.9 Å². The monoisotopic (exact) mass is 235 g/mol. The first kappa shape index (κ1) is 11.3. The van der Waals surface area contributed by atoms with Gasteiger partial charge in [0, 0.05) is 17.8 Å². The maximum absolute atomic E-state index is 6.12. The number of halogens is 1. The predicted octanol–water partition coefficient (Wildman–Crippen LogP) is 2.43. The lowest BCUT2D eigenvalue weighted by molar-refractivity contribution is 0.592. The Kier molecular flexibility index (Phi) is 3.36. The summed E-state index contributed by atoms with van der Waals surface area (Å²) in [5, 5.41) is 4.60. The molecular formula is C12H14ClN3. The molecule has 0 aliphatic rings. The summed E-state index contributed by atoms with van der Waals surface area (Å²) in [4.78, 5) is 8.79. The standard InChI is InChI=1S/C12H14ClN3/c1-8(14-2)7-11-15-10-6-4-3-5-9(10)12(13)16-11/h3-6,8,14H,7H2,1-2H3. The van der Waals surface area contributed by atoms with Gasteiger partial charge in [-0.15, -0.1) is 0 Å². The van der Waals surface area contributed by atoms with Gasteiger partial charge in [0.25, 0.3) is 0 Å². The lowest BCUT2D eigenvalue weighted by atomic mass is 10.2. The summed E-state index contributed by atoms with van der Waals surface area (Å²) in [6, 6.07) is 8.13. The summed E-state index contributed by atoms with van der Waals surface area (Å²) in [6.45, 7) is 2.09. The first-order valence-electron chi connectivity index (χ1n) is 5.29. The molecule has 1 N–H and O–H groups in total. The Bertz CT molecular complexity index is 499. The van der Waals surface area contributed by atoms with Gasteiger partial charge in [-0.2, -0.15) is 0 Å². The Morgan fingerprint density at radius 1 is 1.31 bits per heavy atom. The maximum atomic E-state index is 6.12. The van der Waals surface area contributed by atoms with Crippen LogP contribution in [0.4, 0.5) is 0 Å². The summed E-state index contributed by atoms with van der Waals surface area (Å²) in [6.07, 6.45) is 0.779. The van der Waals surface area contributed by atoms with E-state index in [0.717, 1.165) is 23.1 Å². The molecule has 1 aromatic heterocycles. The molecule has 0 aliphatic heterocycles. The van der Waals surface area contributed by atoms with Gasteiger partial charge >= 0.3 is 0 Å². The number of benzene rings is 1. The molecule has 0 aliphatic carbocycles. The van der Waals surface area contributed by atoms with Crippen molar-refractivity contribution in [2.24, 2.45) is 0 Å². The van der Waals surface area contributed by atoms with Crippen LogP contribution < -0.4 is 5.32 Å². The van der Waals surface area contributed by atoms with Gasteiger partial charge < -0.3 is 5.32 Å². The maximum Gasteiger partial charge on any atom is 0.140 e. The van der Waals surface area contributed by atoms with Crippen molar-refractivity contribution < 1.29 is 0 Å². The van der Waals surface area contributed by atoms with Crippen molar-refractivity contribution in [2.75, 3.05) is 7.05 Å². The van der Waals surface area contributed by atoms with Crippen LogP contribution in [0.1, 0.15) is 12.7 Å². The minimum Gasteiger partial charge on any atom is -0.317 e. The molecule has 3 nitrogen and oxygen atoms in total. The van der Waals surface area contributed by atoms with Crippen molar-refractivity contribution in [3.05, 3.63) is 35.2 Å². The van der Waals surface area contributed by atoms with Crippen LogP contribution >= 0.6 is 11.6 Å². The van der Waals surface area contributed by atoms with Gasteiger partial charge in [-0.05, 0) is 26.1 Å². The number of aromatic nitrogens is 2. The fourth-order valence-corrected chi connectivity index (χ4v) is 1.81. The SMILES string of the molecule is CNC(C)Cc1nc(Cl)c2ccccc2n1. The smallest absolute Gasteiger partial charge is 0.140 e. The number of fused-ring (bicyclic) bond motifs is 1. The molecule has 2 rings (SSSR count). The van der Waals surface area contributed by atoms with E-state index in [9.17, 15) is 0 Å². The van der Waals surface area contributed by atoms with E-state index in [0.29, 0.717) is 11.2 Å². The van der Waals surface area contributed by atoms with Crippen molar-refractivity contribution in [2.45, 2.75) is 19.4 Å². The molecule has 84 valence electrons. The van der Waals surface area contributed by atoms with Crippen LogP contribution in [-0.2, 0) is 6.42 Å². The number of hydrogen-bond acceptors (Lipinski definition) is 3. The molecule has 1 unspecified atom stereocenters. The van der Waals surface area contributed by atoms with E-state index in [2.05, 4.69) is 22.2 Å². The molecule has 1 atom stereocenters. The fourth-order valence-electron chi connectivity index (χ4n) is 1.55. The van der Waals surface area contributed by atoms with Gasteiger partial charge in [0.2, 0.25) is 0 Å². The Morgan fingerprint density at radius 2 is 2.06 bits per heavy atom. The average molecular weight is 236 g/mol. The molecule has 0 spiro atoms. The van der Waals surface area contributed by atoms with E-state index >= 15 is 0 Å². The zero-order valence-corrected chi connectivity index (χ0v) is 10.1. The highest BCUT2D eigenvalue weighted by molar-refractivity contribution is 6.34. The Morgan fingerprint density at radius 3 is 2.81 bits per heavy atom. The number of para-hydroxylation sites is 1. The molecule has 0 saturated carbocycles. The predicted molar refractivity (Wildman–Crippen MR) is 66.8 cm³/mol. The molecule has 0 amide bonds. The topological polar surface area (TPSA) is 37.8 Å². The first-order chi connectivity index (χ1) is 7.70. The Hall–Kier alpha value is -1.19. The summed E-state index contributed by atoms with van der Waals surface area (Å²) < 4.78 is 0. The second-order valence-corrected chi connectivity index (χ2v) is 4.20. The largest absolute Gasteiger partial charge is 0.317 e. The van der Waals surface area contributed by atoms with Crippen LogP contribution in [0.25, 0.3) is 10.9 Å². The lowest BCUT2D eigenvalue weighted by Crippen LogP contribution is -2.24. The van der Waals surface area contributed by atoms with E-state index in [4.69, 9.17) is 11.6 Å². The van der Waals surface area contributed by atoms with Gasteiger partial charge in [-0.25, -0.2) is 9.97 Å². The third kappa shape index (κ3) is 2.31. The van der Waals surface area contributed by atoms with Gasteiger partial charge in [-0.3, -0.25) is 0 Å². The summed E-state index contributed by atoms with van der Waals surface area (Å²) in [5.74, 6) is 0.783. The van der Waals surface area contributed by atoms with Crippen molar-refractivity contribution in [1.82, 2.24) is 15.3 Å². The molecule has 0 bridgehead atoms. The normalized spacial score (nSPS) is 12.9. The molecule has 0 saturated heterocycles. The molecular weight excluding hydrogens is 222 g/mol. The molecule has 1 aromatic carbocycles. The quantitative estimate of drug-likeness (QED) is 0.831. The number of nitrogens with zero attached hydrogens (tertiary/aromatic N) is 2. The van der Waals surface area contributed by atoms with Crippen molar-refractivity contribution in [1.29, 1.82) is 0 Å². The minimum absolute atomic E-state index is 0.345. The van der Waals surface area contributed by atoms with E-state index in [1.54, 1.807) is 0 Å². The highest BCUT2D eigenvalue weighted by atomic mass is 35.5. The summed E-state index contributed by atoms with van der Waals surface area (Å²) in [5.41, 5.74) is 0.904.